The molecule has 6 nitrogen and oxygen atoms in total. The maximum atomic E-state index is 11.7. The van der Waals surface area contributed by atoms with Gasteiger partial charge in [0, 0.05) is 24.4 Å². The number of nitrogens with one attached hydrogen (secondary N) is 2. The Bertz CT molecular complexity index is 887. The predicted molar refractivity (Wildman–Crippen MR) is 130 cm³/mol. The molecule has 0 aliphatic carbocycles. The van der Waals surface area contributed by atoms with Crippen molar-refractivity contribution in [1.29, 1.82) is 0 Å². The number of rotatable bonds is 9. The van der Waals surface area contributed by atoms with Gasteiger partial charge in [0.15, 0.2) is 15.8 Å². The molecule has 8 heteroatoms. The number of sulfone groups is 1. The molecule has 0 spiro atoms. The zero-order valence-corrected chi connectivity index (χ0v) is 20.3. The van der Waals surface area contributed by atoms with E-state index < -0.39 is 9.84 Å². The van der Waals surface area contributed by atoms with Gasteiger partial charge in [0.1, 0.15) is 11.5 Å². The van der Waals surface area contributed by atoms with Gasteiger partial charge in [-0.15, -0.1) is 24.0 Å². The van der Waals surface area contributed by atoms with Crippen molar-refractivity contribution in [1.82, 2.24) is 10.6 Å². The first-order chi connectivity index (χ1) is 13.4. The first-order valence-corrected chi connectivity index (χ1v) is 11.3. The molecule has 0 heterocycles. The molecule has 0 aliphatic rings. The van der Waals surface area contributed by atoms with Crippen molar-refractivity contribution in [2.45, 2.75) is 27.3 Å². The zero-order chi connectivity index (χ0) is 20.4. The number of guanidine groups is 1. The van der Waals surface area contributed by atoms with Crippen molar-refractivity contribution in [3.05, 3.63) is 59.7 Å². The largest absolute Gasteiger partial charge is 0.457 e. The fraction of sp³-hybridized carbons (Fsp3) is 0.381. The van der Waals surface area contributed by atoms with Crippen molar-refractivity contribution in [3.8, 4) is 11.5 Å². The smallest absolute Gasteiger partial charge is 0.191 e. The minimum absolute atomic E-state index is 0. The zero-order valence-electron chi connectivity index (χ0n) is 17.1. The Balaban J connectivity index is 0.00000420. The summed E-state index contributed by atoms with van der Waals surface area (Å²) in [7, 11) is -3.01. The summed E-state index contributed by atoms with van der Waals surface area (Å²) in [6.07, 6.45) is 0. The number of ether oxygens (including phenoxy) is 1. The van der Waals surface area contributed by atoms with Crippen molar-refractivity contribution < 1.29 is 13.2 Å². The molecule has 29 heavy (non-hydrogen) atoms. The maximum absolute atomic E-state index is 11.7. The van der Waals surface area contributed by atoms with Crippen LogP contribution in [0.1, 0.15) is 25.0 Å². The van der Waals surface area contributed by atoms with Crippen LogP contribution in [0.25, 0.3) is 0 Å². The Morgan fingerprint density at radius 2 is 1.79 bits per heavy atom. The standard InChI is InChI=1S/C21H29N3O3S.HI/c1-4-22-21(23-13-14-28(25,26)5-2)24-16-18-12-11-17(3)15-20(18)27-19-9-7-6-8-10-19;/h6-12,15H,4-5,13-14,16H2,1-3H3,(H2,22,23,24);1H. The molecule has 0 unspecified atom stereocenters. The molecule has 160 valence electrons. The van der Waals surface area contributed by atoms with Crippen molar-refractivity contribution in [3.63, 3.8) is 0 Å². The van der Waals surface area contributed by atoms with Gasteiger partial charge >= 0.3 is 0 Å². The van der Waals surface area contributed by atoms with Gasteiger partial charge in [0.25, 0.3) is 0 Å². The molecule has 0 atom stereocenters. The summed E-state index contributed by atoms with van der Waals surface area (Å²) in [4.78, 5) is 4.58. The van der Waals surface area contributed by atoms with Crippen molar-refractivity contribution >= 4 is 39.8 Å². The molecule has 0 fully saturated rings. The van der Waals surface area contributed by atoms with E-state index in [1.807, 2.05) is 62.4 Å². The monoisotopic (exact) mass is 531 g/mol. The lowest BCUT2D eigenvalue weighted by Crippen LogP contribution is -2.39. The normalized spacial score (nSPS) is 11.5. The molecular weight excluding hydrogens is 501 g/mol. The Morgan fingerprint density at radius 3 is 2.45 bits per heavy atom. The van der Waals surface area contributed by atoms with Gasteiger partial charge in [0.2, 0.25) is 0 Å². The number of hydrogen-bond donors (Lipinski definition) is 2. The Hall–Kier alpha value is -1.81. The van der Waals surface area contributed by atoms with E-state index in [1.165, 1.54) is 0 Å². The fourth-order valence-corrected chi connectivity index (χ4v) is 3.18. The van der Waals surface area contributed by atoms with E-state index in [0.29, 0.717) is 25.6 Å². The number of aliphatic imine (C=N–C) groups is 1. The van der Waals surface area contributed by atoms with Crippen molar-refractivity contribution in [2.24, 2.45) is 4.99 Å². The van der Waals surface area contributed by atoms with Crippen LogP contribution in [-0.4, -0.2) is 39.0 Å². The van der Waals surface area contributed by atoms with E-state index in [9.17, 15) is 8.42 Å². The van der Waals surface area contributed by atoms with Gasteiger partial charge < -0.3 is 15.4 Å². The lowest BCUT2D eigenvalue weighted by Gasteiger charge is -2.13. The number of aryl methyl sites for hydroxylation is 1. The van der Waals surface area contributed by atoms with Crippen LogP contribution in [-0.2, 0) is 16.4 Å². The second kappa shape index (κ2) is 12.7. The maximum Gasteiger partial charge on any atom is 0.191 e. The summed E-state index contributed by atoms with van der Waals surface area (Å²) in [6.45, 7) is 7.07. The van der Waals surface area contributed by atoms with E-state index in [-0.39, 0.29) is 35.5 Å². The molecule has 0 bridgehead atoms. The molecule has 0 aromatic heterocycles. The second-order valence-corrected chi connectivity index (χ2v) is 8.86. The van der Waals surface area contributed by atoms with Crippen LogP contribution < -0.4 is 15.4 Å². The number of halogens is 1. The van der Waals surface area contributed by atoms with Crippen LogP contribution >= 0.6 is 24.0 Å². The van der Waals surface area contributed by atoms with Gasteiger partial charge in [-0.25, -0.2) is 13.4 Å². The summed E-state index contributed by atoms with van der Waals surface area (Å²) in [6, 6.07) is 15.7. The summed E-state index contributed by atoms with van der Waals surface area (Å²) >= 11 is 0. The van der Waals surface area contributed by atoms with E-state index in [0.717, 1.165) is 22.6 Å². The Morgan fingerprint density at radius 1 is 1.07 bits per heavy atom. The van der Waals surface area contributed by atoms with E-state index in [2.05, 4.69) is 15.6 Å². The summed E-state index contributed by atoms with van der Waals surface area (Å²) in [5.74, 6) is 2.35. The van der Waals surface area contributed by atoms with Crippen molar-refractivity contribution in [2.75, 3.05) is 24.6 Å². The minimum Gasteiger partial charge on any atom is -0.457 e. The van der Waals surface area contributed by atoms with E-state index in [4.69, 9.17) is 4.74 Å². The SMILES string of the molecule is CCNC(=NCc1ccc(C)cc1Oc1ccccc1)NCCS(=O)(=O)CC.I. The first-order valence-electron chi connectivity index (χ1n) is 9.48. The lowest BCUT2D eigenvalue weighted by molar-refractivity contribution is 0.476. The Labute approximate surface area is 191 Å². The molecule has 2 rings (SSSR count). The summed E-state index contributed by atoms with van der Waals surface area (Å²) < 4.78 is 29.3. The molecule has 2 aromatic rings. The van der Waals surface area contributed by atoms with E-state index >= 15 is 0 Å². The highest BCUT2D eigenvalue weighted by Crippen LogP contribution is 2.27. The van der Waals surface area contributed by atoms with Gasteiger partial charge in [-0.05, 0) is 37.6 Å². The van der Waals surface area contributed by atoms with Gasteiger partial charge in [0.05, 0.1) is 12.3 Å². The van der Waals surface area contributed by atoms with Crippen LogP contribution in [0.4, 0.5) is 0 Å². The number of nitrogens with zero attached hydrogens (tertiary/aromatic N) is 1. The second-order valence-electron chi connectivity index (χ2n) is 6.38. The topological polar surface area (TPSA) is 79.8 Å². The van der Waals surface area contributed by atoms with Gasteiger partial charge in [-0.3, -0.25) is 0 Å². The molecule has 2 aromatic carbocycles. The van der Waals surface area contributed by atoms with Crippen LogP contribution in [0.2, 0.25) is 0 Å². The van der Waals surface area contributed by atoms with Crippen LogP contribution in [0.15, 0.2) is 53.5 Å². The number of para-hydroxylation sites is 1. The highest BCUT2D eigenvalue weighted by atomic mass is 127. The van der Waals surface area contributed by atoms with Crippen LogP contribution in [0.5, 0.6) is 11.5 Å². The third kappa shape index (κ3) is 9.03. The Kier molecular flexibility index (Phi) is 11.0. The summed E-state index contributed by atoms with van der Waals surface area (Å²) in [5, 5.41) is 6.22. The first kappa shape index (κ1) is 25.2. The summed E-state index contributed by atoms with van der Waals surface area (Å²) in [5.41, 5.74) is 2.06. The quantitative estimate of drug-likeness (QED) is 0.292. The fourth-order valence-electron chi connectivity index (χ4n) is 2.48. The molecule has 0 radical (unpaired) electrons. The van der Waals surface area contributed by atoms with Crippen LogP contribution in [0.3, 0.4) is 0 Å². The third-order valence-electron chi connectivity index (χ3n) is 4.09. The third-order valence-corrected chi connectivity index (χ3v) is 5.80. The molecular formula is C21H30IN3O3S. The number of benzene rings is 2. The highest BCUT2D eigenvalue weighted by molar-refractivity contribution is 14.0. The molecule has 0 amide bonds. The molecule has 0 aliphatic heterocycles. The molecule has 0 saturated carbocycles. The van der Waals surface area contributed by atoms with E-state index in [1.54, 1.807) is 6.92 Å². The predicted octanol–water partition coefficient (Wildman–Crippen LogP) is 3.90. The lowest BCUT2D eigenvalue weighted by atomic mass is 10.1. The number of hydrogen-bond acceptors (Lipinski definition) is 4. The molecule has 0 saturated heterocycles. The average Bonchev–Trinajstić information content (AvgIpc) is 2.68. The van der Waals surface area contributed by atoms with Gasteiger partial charge in [-0.1, -0.05) is 37.3 Å². The average molecular weight is 531 g/mol. The molecule has 2 N–H and O–H groups in total. The van der Waals surface area contributed by atoms with Crippen LogP contribution in [0, 0.1) is 6.92 Å². The minimum atomic E-state index is -3.01. The van der Waals surface area contributed by atoms with Gasteiger partial charge in [-0.2, -0.15) is 0 Å². The highest BCUT2D eigenvalue weighted by Gasteiger charge is 2.09.